The van der Waals surface area contributed by atoms with E-state index in [1.165, 1.54) is 3.97 Å². The molecule has 1 saturated heterocycles. The van der Waals surface area contributed by atoms with Gasteiger partial charge in [-0.15, -0.1) is 0 Å². The molecular formula is C30H28N4O2S. The van der Waals surface area contributed by atoms with Crippen LogP contribution in [0.25, 0.3) is 32.9 Å². The predicted molar refractivity (Wildman–Crippen MR) is 151 cm³/mol. The van der Waals surface area contributed by atoms with E-state index in [-0.39, 0.29) is 4.90 Å². The summed E-state index contributed by atoms with van der Waals surface area (Å²) in [6.45, 7) is 3.56. The minimum Gasteiger partial charge on any atom is -0.303 e. The Bertz CT molecular complexity index is 1710. The molecule has 1 aliphatic heterocycles. The van der Waals surface area contributed by atoms with Gasteiger partial charge < -0.3 is 4.90 Å². The lowest BCUT2D eigenvalue weighted by molar-refractivity contribution is 0.159. The molecule has 5 aromatic rings. The van der Waals surface area contributed by atoms with Gasteiger partial charge in [-0.2, -0.15) is 5.10 Å². The highest BCUT2D eigenvalue weighted by molar-refractivity contribution is 7.90. The van der Waals surface area contributed by atoms with Crippen molar-refractivity contribution in [1.82, 2.24) is 13.9 Å². The lowest BCUT2D eigenvalue weighted by Crippen LogP contribution is -2.41. The van der Waals surface area contributed by atoms with Crippen LogP contribution >= 0.6 is 0 Å². The molecule has 0 amide bonds. The molecule has 0 spiro atoms. The summed E-state index contributed by atoms with van der Waals surface area (Å²) in [5.74, 6) is 0. The number of piperazine rings is 1. The van der Waals surface area contributed by atoms with E-state index >= 15 is 0 Å². The van der Waals surface area contributed by atoms with Gasteiger partial charge >= 0.3 is 0 Å². The fourth-order valence-corrected chi connectivity index (χ4v) is 6.83. The highest BCUT2D eigenvalue weighted by Gasteiger charge is 2.28. The van der Waals surface area contributed by atoms with Crippen molar-refractivity contribution in [2.75, 3.05) is 33.2 Å². The van der Waals surface area contributed by atoms with Crippen LogP contribution in [0.15, 0.2) is 107 Å². The number of hydrogen-bond acceptors (Lipinski definition) is 5. The van der Waals surface area contributed by atoms with Crippen molar-refractivity contribution in [1.29, 1.82) is 0 Å². The maximum atomic E-state index is 14.5. The average molecular weight is 509 g/mol. The fourth-order valence-electron chi connectivity index (χ4n) is 5.05. The Morgan fingerprint density at radius 3 is 2.16 bits per heavy atom. The van der Waals surface area contributed by atoms with E-state index < -0.39 is 10.0 Å². The van der Waals surface area contributed by atoms with Gasteiger partial charge in [0.05, 0.1) is 22.3 Å². The minimum absolute atomic E-state index is 0.283. The number of fused-ring (bicyclic) bond motifs is 2. The molecule has 6 rings (SSSR count). The third-order valence-corrected chi connectivity index (χ3v) is 8.79. The van der Waals surface area contributed by atoms with Crippen molar-refractivity contribution in [3.63, 3.8) is 0 Å². The molecule has 0 bridgehead atoms. The van der Waals surface area contributed by atoms with Crippen molar-refractivity contribution in [2.24, 2.45) is 5.10 Å². The highest BCUT2D eigenvalue weighted by atomic mass is 32.2. The van der Waals surface area contributed by atoms with E-state index in [1.807, 2.05) is 91.1 Å². The second-order valence-electron chi connectivity index (χ2n) is 9.39. The van der Waals surface area contributed by atoms with Crippen LogP contribution in [0, 0.1) is 0 Å². The third kappa shape index (κ3) is 4.20. The third-order valence-electron chi connectivity index (χ3n) is 7.02. The van der Waals surface area contributed by atoms with Crippen LogP contribution in [0.2, 0.25) is 0 Å². The normalized spacial score (nSPS) is 15.2. The molecule has 0 atom stereocenters. The molecule has 4 aromatic carbocycles. The standard InChI is InChI=1S/C30H28N4O2S/c1-32-18-20-33(21-19-32)31-22-27-26-15-7-8-16-28(26)34(30(27)24-11-3-2-4-12-24)37(35,36)29-17-9-13-23-10-5-6-14-25(23)29/h2-17,22H,18-21H2,1H3/b31-22+. The van der Waals surface area contributed by atoms with Crippen molar-refractivity contribution < 1.29 is 8.42 Å². The lowest BCUT2D eigenvalue weighted by atomic mass is 10.1. The van der Waals surface area contributed by atoms with Gasteiger partial charge in [0, 0.05) is 42.5 Å². The molecule has 7 heteroatoms. The molecule has 1 aliphatic rings. The van der Waals surface area contributed by atoms with E-state index in [9.17, 15) is 8.42 Å². The van der Waals surface area contributed by atoms with Crippen LogP contribution < -0.4 is 0 Å². The monoisotopic (exact) mass is 508 g/mol. The average Bonchev–Trinajstić information content (AvgIpc) is 3.28. The number of likely N-dealkylation sites (N-methyl/N-ethyl adjacent to an activating group) is 1. The molecule has 0 N–H and O–H groups in total. The van der Waals surface area contributed by atoms with Gasteiger partial charge in [0.15, 0.2) is 0 Å². The molecule has 37 heavy (non-hydrogen) atoms. The summed E-state index contributed by atoms with van der Waals surface area (Å²) < 4.78 is 30.5. The topological polar surface area (TPSA) is 57.9 Å². The van der Waals surface area contributed by atoms with Crippen LogP contribution in [0.4, 0.5) is 0 Å². The maximum absolute atomic E-state index is 14.5. The van der Waals surface area contributed by atoms with E-state index in [4.69, 9.17) is 5.10 Å². The Hall–Kier alpha value is -3.94. The quantitative estimate of drug-likeness (QED) is 0.303. The second-order valence-corrected chi connectivity index (χ2v) is 11.1. The summed E-state index contributed by atoms with van der Waals surface area (Å²) in [6.07, 6.45) is 1.84. The first-order chi connectivity index (χ1) is 18.0. The minimum atomic E-state index is -3.97. The highest BCUT2D eigenvalue weighted by Crippen LogP contribution is 2.37. The van der Waals surface area contributed by atoms with E-state index in [2.05, 4.69) is 17.0 Å². The Morgan fingerprint density at radius 1 is 0.730 bits per heavy atom. The second kappa shape index (κ2) is 9.50. The predicted octanol–water partition coefficient (Wildman–Crippen LogP) is 5.28. The van der Waals surface area contributed by atoms with Crippen molar-refractivity contribution in [2.45, 2.75) is 4.90 Å². The SMILES string of the molecule is CN1CCN(/N=C/c2c(-c3ccccc3)n(S(=O)(=O)c3cccc4ccccc34)c3ccccc23)CC1. The molecule has 0 unspecified atom stereocenters. The van der Waals surface area contributed by atoms with Crippen molar-refractivity contribution >= 4 is 37.9 Å². The number of aromatic nitrogens is 1. The molecule has 1 fully saturated rings. The van der Waals surface area contributed by atoms with E-state index in [0.29, 0.717) is 16.6 Å². The van der Waals surface area contributed by atoms with E-state index in [0.717, 1.165) is 48.1 Å². The number of hydrazone groups is 1. The Labute approximate surface area is 217 Å². The zero-order chi connectivity index (χ0) is 25.4. The summed E-state index contributed by atoms with van der Waals surface area (Å²) in [5.41, 5.74) is 2.87. The molecule has 6 nitrogen and oxygen atoms in total. The number of nitrogens with zero attached hydrogens (tertiary/aromatic N) is 4. The zero-order valence-electron chi connectivity index (χ0n) is 20.7. The van der Waals surface area contributed by atoms with Gasteiger partial charge in [-0.3, -0.25) is 5.01 Å². The molecule has 1 aromatic heterocycles. The van der Waals surface area contributed by atoms with Crippen LogP contribution in [-0.2, 0) is 10.0 Å². The molecule has 186 valence electrons. The zero-order valence-corrected chi connectivity index (χ0v) is 21.5. The van der Waals surface area contributed by atoms with Gasteiger partial charge in [0.2, 0.25) is 0 Å². The molecule has 0 saturated carbocycles. The summed E-state index contributed by atoms with van der Waals surface area (Å²) in [4.78, 5) is 2.57. The number of hydrogen-bond donors (Lipinski definition) is 0. The van der Waals surface area contributed by atoms with Gasteiger partial charge in [-0.1, -0.05) is 84.9 Å². The fraction of sp³-hybridized carbons (Fsp3) is 0.167. The molecule has 2 heterocycles. The molecule has 0 aliphatic carbocycles. The Balaban J connectivity index is 1.62. The van der Waals surface area contributed by atoms with Gasteiger partial charge in [0.1, 0.15) is 0 Å². The van der Waals surface area contributed by atoms with Crippen molar-refractivity contribution in [3.05, 3.63) is 103 Å². The first kappa shape index (κ1) is 23.5. The van der Waals surface area contributed by atoms with Crippen LogP contribution in [-0.4, -0.2) is 61.7 Å². The smallest absolute Gasteiger partial charge is 0.269 e. The van der Waals surface area contributed by atoms with Gasteiger partial charge in [-0.25, -0.2) is 12.4 Å². The van der Waals surface area contributed by atoms with Crippen LogP contribution in [0.3, 0.4) is 0 Å². The van der Waals surface area contributed by atoms with Crippen LogP contribution in [0.1, 0.15) is 5.56 Å². The summed E-state index contributed by atoms with van der Waals surface area (Å²) in [5, 5.41) is 9.31. The first-order valence-electron chi connectivity index (χ1n) is 12.4. The largest absolute Gasteiger partial charge is 0.303 e. The van der Waals surface area contributed by atoms with E-state index in [1.54, 1.807) is 12.1 Å². The van der Waals surface area contributed by atoms with Crippen LogP contribution in [0.5, 0.6) is 0 Å². The first-order valence-corrected chi connectivity index (χ1v) is 13.9. The summed E-state index contributed by atoms with van der Waals surface area (Å²) in [6, 6.07) is 30.4. The Morgan fingerprint density at radius 2 is 1.38 bits per heavy atom. The molecular weight excluding hydrogens is 480 g/mol. The number of rotatable bonds is 5. The number of benzene rings is 4. The van der Waals surface area contributed by atoms with Crippen molar-refractivity contribution in [3.8, 4) is 11.3 Å². The maximum Gasteiger partial charge on any atom is 0.269 e. The molecule has 0 radical (unpaired) electrons. The van der Waals surface area contributed by atoms with Gasteiger partial charge in [0.25, 0.3) is 10.0 Å². The lowest BCUT2D eigenvalue weighted by Gasteiger charge is -2.30. The summed E-state index contributed by atoms with van der Waals surface area (Å²) in [7, 11) is -1.85. The Kier molecular flexibility index (Phi) is 6.02. The summed E-state index contributed by atoms with van der Waals surface area (Å²) >= 11 is 0. The number of para-hydroxylation sites is 1. The van der Waals surface area contributed by atoms with Gasteiger partial charge in [-0.05, 0) is 30.1 Å².